The van der Waals surface area contributed by atoms with E-state index in [1.807, 2.05) is 11.7 Å². The van der Waals surface area contributed by atoms with Crippen LogP contribution in [0.2, 0.25) is 0 Å². The summed E-state index contributed by atoms with van der Waals surface area (Å²) in [6.07, 6.45) is 6.43. The predicted octanol–water partition coefficient (Wildman–Crippen LogP) is 3.62. The number of thiazole rings is 1. The Morgan fingerprint density at radius 2 is 1.76 bits per heavy atom. The minimum Gasteiger partial charge on any atom is -0.325 e. The van der Waals surface area contributed by atoms with Crippen LogP contribution in [0.5, 0.6) is 0 Å². The summed E-state index contributed by atoms with van der Waals surface area (Å²) in [7, 11) is 0. The average molecular weight is 252 g/mol. The molecule has 1 aliphatic carbocycles. The molecule has 1 aliphatic rings. The maximum absolute atomic E-state index is 6.68. The van der Waals surface area contributed by atoms with E-state index < -0.39 is 0 Å². The van der Waals surface area contributed by atoms with E-state index >= 15 is 0 Å². The van der Waals surface area contributed by atoms with Crippen LogP contribution in [0, 0.1) is 10.8 Å². The van der Waals surface area contributed by atoms with E-state index in [2.05, 4.69) is 32.7 Å². The van der Waals surface area contributed by atoms with Crippen LogP contribution in [0.4, 0.5) is 0 Å². The number of rotatable bonds is 2. The normalized spacial score (nSPS) is 25.7. The van der Waals surface area contributed by atoms with Gasteiger partial charge in [0.25, 0.3) is 0 Å². The van der Waals surface area contributed by atoms with Crippen molar-refractivity contribution in [2.75, 3.05) is 0 Å². The zero-order chi connectivity index (χ0) is 12.7. The molecule has 0 atom stereocenters. The third-order valence-electron chi connectivity index (χ3n) is 3.63. The topological polar surface area (TPSA) is 38.9 Å². The summed E-state index contributed by atoms with van der Waals surface area (Å²) in [5, 5.41) is 0. The standard InChI is InChI=1S/C14H24N2S/c1-12(2)7-13(3,4)9-14(15,8-12)5-11-6-16-10-17-11/h6,10H,5,7-9,15H2,1-4H3. The smallest absolute Gasteiger partial charge is 0.0794 e. The van der Waals surface area contributed by atoms with Crippen molar-refractivity contribution in [2.45, 2.75) is 58.9 Å². The molecule has 1 aromatic heterocycles. The van der Waals surface area contributed by atoms with Crippen LogP contribution in [-0.4, -0.2) is 10.5 Å². The zero-order valence-corrected chi connectivity index (χ0v) is 12.2. The molecule has 0 amide bonds. The average Bonchev–Trinajstić information content (AvgIpc) is 2.47. The predicted molar refractivity (Wildman–Crippen MR) is 74.1 cm³/mol. The molecule has 0 aliphatic heterocycles. The minimum atomic E-state index is -0.0578. The van der Waals surface area contributed by atoms with Crippen molar-refractivity contribution >= 4 is 11.3 Å². The van der Waals surface area contributed by atoms with Gasteiger partial charge in [0.1, 0.15) is 0 Å². The molecule has 0 bridgehead atoms. The number of aromatic nitrogens is 1. The quantitative estimate of drug-likeness (QED) is 0.873. The van der Waals surface area contributed by atoms with Crippen LogP contribution in [0.25, 0.3) is 0 Å². The van der Waals surface area contributed by atoms with Crippen molar-refractivity contribution in [2.24, 2.45) is 16.6 Å². The molecule has 1 aromatic rings. The summed E-state index contributed by atoms with van der Waals surface area (Å²) in [5.74, 6) is 0. The monoisotopic (exact) mass is 252 g/mol. The molecule has 0 unspecified atom stereocenters. The van der Waals surface area contributed by atoms with Crippen LogP contribution in [0.15, 0.2) is 11.7 Å². The van der Waals surface area contributed by atoms with E-state index in [9.17, 15) is 0 Å². The number of nitrogens with zero attached hydrogens (tertiary/aromatic N) is 1. The molecular weight excluding hydrogens is 228 g/mol. The summed E-state index contributed by atoms with van der Waals surface area (Å²) in [6.45, 7) is 9.40. The van der Waals surface area contributed by atoms with Crippen molar-refractivity contribution in [3.8, 4) is 0 Å². The van der Waals surface area contributed by atoms with Gasteiger partial charge >= 0.3 is 0 Å². The Morgan fingerprint density at radius 3 is 2.24 bits per heavy atom. The largest absolute Gasteiger partial charge is 0.325 e. The van der Waals surface area contributed by atoms with Crippen molar-refractivity contribution < 1.29 is 0 Å². The molecule has 3 heteroatoms. The van der Waals surface area contributed by atoms with Crippen molar-refractivity contribution in [1.29, 1.82) is 0 Å². The highest BCUT2D eigenvalue weighted by Crippen LogP contribution is 2.50. The maximum Gasteiger partial charge on any atom is 0.0794 e. The van der Waals surface area contributed by atoms with Gasteiger partial charge < -0.3 is 5.73 Å². The van der Waals surface area contributed by atoms with Gasteiger partial charge in [-0.3, -0.25) is 4.98 Å². The van der Waals surface area contributed by atoms with E-state index in [1.54, 1.807) is 11.3 Å². The Labute approximate surface area is 109 Å². The molecule has 1 heterocycles. The lowest BCUT2D eigenvalue weighted by atomic mass is 9.58. The highest BCUT2D eigenvalue weighted by atomic mass is 32.1. The molecule has 2 rings (SSSR count). The van der Waals surface area contributed by atoms with Gasteiger partial charge in [0, 0.05) is 23.0 Å². The molecule has 17 heavy (non-hydrogen) atoms. The van der Waals surface area contributed by atoms with E-state index in [0.29, 0.717) is 10.8 Å². The van der Waals surface area contributed by atoms with Gasteiger partial charge in [0.05, 0.1) is 5.51 Å². The maximum atomic E-state index is 6.68. The van der Waals surface area contributed by atoms with Gasteiger partial charge in [-0.15, -0.1) is 11.3 Å². The van der Waals surface area contributed by atoms with Gasteiger partial charge in [-0.05, 0) is 30.1 Å². The fraction of sp³-hybridized carbons (Fsp3) is 0.786. The van der Waals surface area contributed by atoms with Gasteiger partial charge in [0.2, 0.25) is 0 Å². The summed E-state index contributed by atoms with van der Waals surface area (Å²) >= 11 is 1.72. The first-order valence-electron chi connectivity index (χ1n) is 6.36. The van der Waals surface area contributed by atoms with Crippen molar-refractivity contribution in [1.82, 2.24) is 4.98 Å². The van der Waals surface area contributed by atoms with Crippen molar-refractivity contribution in [3.05, 3.63) is 16.6 Å². The van der Waals surface area contributed by atoms with Gasteiger partial charge in [-0.1, -0.05) is 27.7 Å². The van der Waals surface area contributed by atoms with Crippen LogP contribution >= 0.6 is 11.3 Å². The molecule has 0 saturated heterocycles. The number of nitrogens with two attached hydrogens (primary N) is 1. The molecule has 2 N–H and O–H groups in total. The van der Waals surface area contributed by atoms with Crippen LogP contribution in [0.1, 0.15) is 51.8 Å². The van der Waals surface area contributed by atoms with Crippen LogP contribution in [0.3, 0.4) is 0 Å². The molecule has 2 nitrogen and oxygen atoms in total. The van der Waals surface area contributed by atoms with Crippen LogP contribution in [-0.2, 0) is 6.42 Å². The molecule has 0 spiro atoms. The SMILES string of the molecule is CC1(C)CC(C)(C)CC(N)(Cc2cncs2)C1. The zero-order valence-electron chi connectivity index (χ0n) is 11.4. The first-order chi connectivity index (χ1) is 7.70. The van der Waals surface area contributed by atoms with Crippen LogP contribution < -0.4 is 5.73 Å². The Hall–Kier alpha value is -0.410. The Bertz CT molecular complexity index is 363. The molecular formula is C14H24N2S. The third-order valence-corrected chi connectivity index (χ3v) is 4.41. The fourth-order valence-electron chi connectivity index (χ4n) is 4.19. The summed E-state index contributed by atoms with van der Waals surface area (Å²) in [6, 6.07) is 0. The Kier molecular flexibility index (Phi) is 3.11. The molecule has 1 saturated carbocycles. The summed E-state index contributed by atoms with van der Waals surface area (Å²) < 4.78 is 0. The van der Waals surface area contributed by atoms with Gasteiger partial charge in [0.15, 0.2) is 0 Å². The Morgan fingerprint density at radius 1 is 1.18 bits per heavy atom. The summed E-state index contributed by atoms with van der Waals surface area (Å²) in [5.41, 5.74) is 9.22. The second-order valence-corrected chi connectivity index (χ2v) is 8.34. The van der Waals surface area contributed by atoms with E-state index in [-0.39, 0.29) is 5.54 Å². The van der Waals surface area contributed by atoms with E-state index in [1.165, 1.54) is 11.3 Å². The fourth-order valence-corrected chi connectivity index (χ4v) is 4.94. The molecule has 0 radical (unpaired) electrons. The van der Waals surface area contributed by atoms with Gasteiger partial charge in [-0.2, -0.15) is 0 Å². The lowest BCUT2D eigenvalue weighted by Crippen LogP contribution is -2.53. The molecule has 96 valence electrons. The molecule has 0 aromatic carbocycles. The second kappa shape index (κ2) is 4.06. The van der Waals surface area contributed by atoms with Crippen molar-refractivity contribution in [3.63, 3.8) is 0 Å². The second-order valence-electron chi connectivity index (χ2n) is 7.37. The van der Waals surface area contributed by atoms with Gasteiger partial charge in [-0.25, -0.2) is 0 Å². The first-order valence-corrected chi connectivity index (χ1v) is 7.24. The third kappa shape index (κ3) is 3.29. The lowest BCUT2D eigenvalue weighted by molar-refractivity contribution is 0.0491. The van der Waals surface area contributed by atoms with E-state index in [4.69, 9.17) is 5.73 Å². The Balaban J connectivity index is 2.18. The summed E-state index contributed by atoms with van der Waals surface area (Å²) in [4.78, 5) is 5.47. The van der Waals surface area contributed by atoms with E-state index in [0.717, 1.165) is 19.3 Å². The minimum absolute atomic E-state index is 0.0578. The highest BCUT2D eigenvalue weighted by molar-refractivity contribution is 7.09. The number of hydrogen-bond acceptors (Lipinski definition) is 3. The lowest BCUT2D eigenvalue weighted by Gasteiger charge is -2.50. The number of hydrogen-bond donors (Lipinski definition) is 1. The first kappa shape index (κ1) is 13.0. The highest BCUT2D eigenvalue weighted by Gasteiger charge is 2.45. The molecule has 1 fully saturated rings.